The van der Waals surface area contributed by atoms with E-state index in [9.17, 15) is 0 Å². The predicted octanol–water partition coefficient (Wildman–Crippen LogP) is 4.62. The highest BCUT2D eigenvalue weighted by molar-refractivity contribution is 5.65. The second-order valence-electron chi connectivity index (χ2n) is 5.18. The molecule has 0 aromatic heterocycles. The highest BCUT2D eigenvalue weighted by atomic mass is 15.2. The summed E-state index contributed by atoms with van der Waals surface area (Å²) in [6.07, 6.45) is 0. The van der Waals surface area contributed by atoms with Crippen molar-refractivity contribution in [2.24, 2.45) is 0 Å². The van der Waals surface area contributed by atoms with Crippen LogP contribution in [0.1, 0.15) is 20.8 Å². The summed E-state index contributed by atoms with van der Waals surface area (Å²) < 4.78 is 0. The van der Waals surface area contributed by atoms with E-state index >= 15 is 0 Å². The molecule has 0 aliphatic heterocycles. The summed E-state index contributed by atoms with van der Waals surface area (Å²) in [5, 5.41) is 0. The summed E-state index contributed by atoms with van der Waals surface area (Å²) in [4.78, 5) is 2.35. The third-order valence-electron chi connectivity index (χ3n) is 2.70. The molecule has 88 valence electrons. The number of benzene rings is 2. The van der Waals surface area contributed by atoms with Gasteiger partial charge in [0, 0.05) is 16.9 Å². The Kier molecular flexibility index (Phi) is 3.19. The Labute approximate surface area is 104 Å². The molecule has 0 aliphatic rings. The molecule has 0 saturated heterocycles. The Balaban J connectivity index is 2.48. The molecule has 0 saturated carbocycles. The van der Waals surface area contributed by atoms with Crippen molar-refractivity contribution in [3.05, 3.63) is 60.7 Å². The lowest BCUT2D eigenvalue weighted by molar-refractivity contribution is 0.560. The summed E-state index contributed by atoms with van der Waals surface area (Å²) in [7, 11) is 0. The molecule has 0 aliphatic carbocycles. The van der Waals surface area contributed by atoms with Gasteiger partial charge < -0.3 is 4.90 Å². The van der Waals surface area contributed by atoms with E-state index in [1.165, 1.54) is 11.4 Å². The molecule has 0 amide bonds. The van der Waals surface area contributed by atoms with Gasteiger partial charge in [-0.1, -0.05) is 36.4 Å². The first kappa shape index (κ1) is 11.7. The van der Waals surface area contributed by atoms with Crippen molar-refractivity contribution in [3.63, 3.8) is 0 Å². The zero-order valence-corrected chi connectivity index (χ0v) is 10.7. The fourth-order valence-electron chi connectivity index (χ4n) is 2.08. The van der Waals surface area contributed by atoms with Gasteiger partial charge in [-0.25, -0.2) is 0 Å². The lowest BCUT2D eigenvalue weighted by atomic mass is 10.0. The number of rotatable bonds is 2. The van der Waals surface area contributed by atoms with Crippen molar-refractivity contribution in [1.82, 2.24) is 0 Å². The van der Waals surface area contributed by atoms with E-state index in [1.807, 2.05) is 0 Å². The van der Waals surface area contributed by atoms with E-state index < -0.39 is 0 Å². The zero-order valence-electron chi connectivity index (χ0n) is 10.7. The maximum absolute atomic E-state index is 2.35. The van der Waals surface area contributed by atoms with Gasteiger partial charge >= 0.3 is 0 Å². The van der Waals surface area contributed by atoms with E-state index in [0.717, 1.165) is 0 Å². The first-order chi connectivity index (χ1) is 8.09. The van der Waals surface area contributed by atoms with Crippen molar-refractivity contribution >= 4 is 11.4 Å². The van der Waals surface area contributed by atoms with Gasteiger partial charge in [-0.2, -0.15) is 0 Å². The molecule has 0 fully saturated rings. The van der Waals surface area contributed by atoms with Crippen LogP contribution < -0.4 is 4.90 Å². The number of para-hydroxylation sites is 2. The van der Waals surface area contributed by atoms with Gasteiger partial charge in [0.05, 0.1) is 0 Å². The first-order valence-corrected chi connectivity index (χ1v) is 5.99. The molecule has 0 spiro atoms. The number of anilines is 2. The molecular formula is C16H19N. The Bertz CT molecular complexity index is 414. The van der Waals surface area contributed by atoms with E-state index in [1.54, 1.807) is 0 Å². The Morgan fingerprint density at radius 3 is 1.29 bits per heavy atom. The van der Waals surface area contributed by atoms with Gasteiger partial charge in [0.15, 0.2) is 0 Å². The fraction of sp³-hybridized carbons (Fsp3) is 0.250. The van der Waals surface area contributed by atoms with Crippen molar-refractivity contribution in [1.29, 1.82) is 0 Å². The van der Waals surface area contributed by atoms with Crippen LogP contribution in [0.25, 0.3) is 0 Å². The van der Waals surface area contributed by atoms with Crippen LogP contribution in [0.3, 0.4) is 0 Å². The third-order valence-corrected chi connectivity index (χ3v) is 2.70. The molecule has 2 aromatic rings. The average molecular weight is 225 g/mol. The van der Waals surface area contributed by atoms with Crippen molar-refractivity contribution in [3.8, 4) is 0 Å². The highest BCUT2D eigenvalue weighted by Gasteiger charge is 2.22. The SMILES string of the molecule is CC(C)(C)N(c1ccccc1)c1ccccc1. The minimum Gasteiger partial charge on any atom is -0.336 e. The molecule has 0 atom stereocenters. The Hall–Kier alpha value is -1.76. The maximum Gasteiger partial charge on any atom is 0.0415 e. The second kappa shape index (κ2) is 4.62. The number of nitrogens with zero attached hydrogens (tertiary/aromatic N) is 1. The van der Waals surface area contributed by atoms with Gasteiger partial charge in [0.2, 0.25) is 0 Å². The monoisotopic (exact) mass is 225 g/mol. The van der Waals surface area contributed by atoms with Gasteiger partial charge in [-0.3, -0.25) is 0 Å². The molecule has 2 rings (SSSR count). The van der Waals surface area contributed by atoms with Crippen LogP contribution in [0.4, 0.5) is 11.4 Å². The van der Waals surface area contributed by atoms with E-state index in [4.69, 9.17) is 0 Å². The quantitative estimate of drug-likeness (QED) is 0.720. The Morgan fingerprint density at radius 1 is 0.647 bits per heavy atom. The van der Waals surface area contributed by atoms with Crippen LogP contribution in [0.15, 0.2) is 60.7 Å². The van der Waals surface area contributed by atoms with E-state index in [2.05, 4.69) is 86.3 Å². The molecule has 0 N–H and O–H groups in total. The molecular weight excluding hydrogens is 206 g/mol. The normalized spacial score (nSPS) is 11.2. The van der Waals surface area contributed by atoms with Crippen molar-refractivity contribution in [2.45, 2.75) is 26.3 Å². The summed E-state index contributed by atoms with van der Waals surface area (Å²) >= 11 is 0. The third kappa shape index (κ3) is 2.68. The largest absolute Gasteiger partial charge is 0.336 e. The first-order valence-electron chi connectivity index (χ1n) is 5.99. The van der Waals surface area contributed by atoms with Crippen LogP contribution in [0.5, 0.6) is 0 Å². The zero-order chi connectivity index (χ0) is 12.3. The minimum absolute atomic E-state index is 0.0582. The summed E-state index contributed by atoms with van der Waals surface area (Å²) in [6, 6.07) is 21.0. The fourth-order valence-corrected chi connectivity index (χ4v) is 2.08. The lowest BCUT2D eigenvalue weighted by Crippen LogP contribution is -2.37. The van der Waals surface area contributed by atoms with Crippen LogP contribution in [-0.2, 0) is 0 Å². The summed E-state index contributed by atoms with van der Waals surface area (Å²) in [5.41, 5.74) is 2.51. The maximum atomic E-state index is 2.35. The molecule has 1 nitrogen and oxygen atoms in total. The molecule has 17 heavy (non-hydrogen) atoms. The standard InChI is InChI=1S/C16H19N/c1-16(2,3)17(14-10-6-4-7-11-14)15-12-8-5-9-13-15/h4-13H,1-3H3. The van der Waals surface area contributed by atoms with Crippen LogP contribution in [-0.4, -0.2) is 5.54 Å². The van der Waals surface area contributed by atoms with E-state index in [0.29, 0.717) is 0 Å². The summed E-state index contributed by atoms with van der Waals surface area (Å²) in [6.45, 7) is 6.69. The molecule has 0 unspecified atom stereocenters. The average Bonchev–Trinajstić information content (AvgIpc) is 2.30. The van der Waals surface area contributed by atoms with Crippen LogP contribution in [0, 0.1) is 0 Å². The van der Waals surface area contributed by atoms with Crippen molar-refractivity contribution in [2.75, 3.05) is 4.90 Å². The molecule has 0 bridgehead atoms. The lowest BCUT2D eigenvalue weighted by Gasteiger charge is -2.37. The van der Waals surface area contributed by atoms with E-state index in [-0.39, 0.29) is 5.54 Å². The Morgan fingerprint density at radius 2 is 1.00 bits per heavy atom. The smallest absolute Gasteiger partial charge is 0.0415 e. The number of hydrogen-bond acceptors (Lipinski definition) is 1. The van der Waals surface area contributed by atoms with Gasteiger partial charge in [0.25, 0.3) is 0 Å². The van der Waals surface area contributed by atoms with Gasteiger partial charge in [-0.05, 0) is 45.0 Å². The van der Waals surface area contributed by atoms with Crippen LogP contribution >= 0.6 is 0 Å². The topological polar surface area (TPSA) is 3.24 Å². The summed E-state index contributed by atoms with van der Waals surface area (Å²) in [5.74, 6) is 0. The van der Waals surface area contributed by atoms with Gasteiger partial charge in [0.1, 0.15) is 0 Å². The number of hydrogen-bond donors (Lipinski definition) is 0. The van der Waals surface area contributed by atoms with Crippen molar-refractivity contribution < 1.29 is 0 Å². The van der Waals surface area contributed by atoms with Gasteiger partial charge in [-0.15, -0.1) is 0 Å². The predicted molar refractivity (Wildman–Crippen MR) is 74.8 cm³/mol. The molecule has 0 radical (unpaired) electrons. The minimum atomic E-state index is 0.0582. The highest BCUT2D eigenvalue weighted by Crippen LogP contribution is 2.32. The van der Waals surface area contributed by atoms with Crippen LogP contribution in [0.2, 0.25) is 0 Å². The molecule has 1 heteroatoms. The molecule has 0 heterocycles. The second-order valence-corrected chi connectivity index (χ2v) is 5.18. The molecule has 2 aromatic carbocycles.